The number of hydrogen-bond acceptors (Lipinski definition) is 7. The molecule has 256 valence electrons. The van der Waals surface area contributed by atoms with Crippen LogP contribution in [0.2, 0.25) is 0 Å². The van der Waals surface area contributed by atoms with Crippen LogP contribution in [0.3, 0.4) is 0 Å². The van der Waals surface area contributed by atoms with Crippen LogP contribution in [0.5, 0.6) is 0 Å². The molecule has 1 aliphatic carbocycles. The minimum Gasteiger partial charge on any atom is -0.444 e. The lowest BCUT2D eigenvalue weighted by Gasteiger charge is -2.35. The van der Waals surface area contributed by atoms with E-state index in [1.165, 1.54) is 15.5 Å². The maximum atomic E-state index is 13.2. The molecule has 2 N–H and O–H groups in total. The Morgan fingerprint density at radius 3 is 2.35 bits per heavy atom. The van der Waals surface area contributed by atoms with Crippen LogP contribution < -0.4 is 0 Å². The Balaban J connectivity index is 1.04. The number of imidazole rings is 2. The lowest BCUT2D eigenvalue weighted by atomic mass is 9.98. The molecule has 4 unspecified atom stereocenters. The maximum Gasteiger partial charge on any atom is 0.411 e. The highest BCUT2D eigenvalue weighted by Crippen LogP contribution is 2.50. The lowest BCUT2D eigenvalue weighted by Crippen LogP contribution is -2.43. The fourth-order valence-electron chi connectivity index (χ4n) is 7.90. The number of likely N-dealkylation sites (tertiary alicyclic amines) is 2. The highest BCUT2D eigenvalue weighted by molar-refractivity contribution is 7.23. The van der Waals surface area contributed by atoms with Gasteiger partial charge in [0.15, 0.2) is 0 Å². The number of fused-ring (bicyclic) bond motifs is 5. The topological polar surface area (TPSA) is 116 Å². The van der Waals surface area contributed by atoms with Crippen molar-refractivity contribution in [3.8, 4) is 21.8 Å². The zero-order valence-corrected chi connectivity index (χ0v) is 29.8. The first-order valence-corrected chi connectivity index (χ1v) is 18.2. The summed E-state index contributed by atoms with van der Waals surface area (Å²) in [6.45, 7) is 12.1. The highest BCUT2D eigenvalue weighted by atomic mass is 32.1. The molecule has 11 heteroatoms. The monoisotopic (exact) mass is 680 g/mol. The zero-order valence-electron chi connectivity index (χ0n) is 29.0. The van der Waals surface area contributed by atoms with Crippen LogP contribution >= 0.6 is 11.3 Å². The first kappa shape index (κ1) is 31.9. The molecule has 10 nitrogen and oxygen atoms in total. The van der Waals surface area contributed by atoms with Crippen molar-refractivity contribution in [3.63, 3.8) is 0 Å². The lowest BCUT2D eigenvalue weighted by molar-refractivity contribution is 0.00613. The summed E-state index contributed by atoms with van der Waals surface area (Å²) in [6, 6.07) is 13.1. The third kappa shape index (κ3) is 5.96. The first-order chi connectivity index (χ1) is 23.3. The number of nitrogens with one attached hydrogen (secondary N) is 2. The van der Waals surface area contributed by atoms with E-state index in [0.717, 1.165) is 71.0 Å². The van der Waals surface area contributed by atoms with Crippen molar-refractivity contribution >= 4 is 44.4 Å². The van der Waals surface area contributed by atoms with Gasteiger partial charge in [0.2, 0.25) is 0 Å². The molecule has 0 spiro atoms. The van der Waals surface area contributed by atoms with Crippen LogP contribution in [0.4, 0.5) is 9.59 Å². The third-order valence-corrected chi connectivity index (χ3v) is 11.2. The minimum atomic E-state index is -0.542. The second-order valence-corrected chi connectivity index (χ2v) is 16.8. The fourth-order valence-corrected chi connectivity index (χ4v) is 9.06. The number of nitrogens with zero attached hydrogens (tertiary/aromatic N) is 4. The predicted octanol–water partition coefficient (Wildman–Crippen LogP) is 9.37. The molecule has 3 aliphatic rings. The first-order valence-electron chi connectivity index (χ1n) is 17.4. The van der Waals surface area contributed by atoms with Crippen molar-refractivity contribution < 1.29 is 19.1 Å². The van der Waals surface area contributed by atoms with E-state index in [4.69, 9.17) is 19.4 Å². The molecular formula is C38H44N6O4S. The molecule has 8 rings (SSSR count). The number of ether oxygens (including phenoxy) is 2. The number of amides is 2. The van der Waals surface area contributed by atoms with Gasteiger partial charge in [0, 0.05) is 22.8 Å². The van der Waals surface area contributed by atoms with E-state index in [1.54, 1.807) is 16.2 Å². The number of rotatable bonds is 4. The molecule has 2 aliphatic heterocycles. The number of carbonyl (C=O) groups is 2. The van der Waals surface area contributed by atoms with Gasteiger partial charge < -0.3 is 19.4 Å². The average molecular weight is 681 g/mol. The summed E-state index contributed by atoms with van der Waals surface area (Å²) in [7, 11) is 0. The fraction of sp³-hybridized carbons (Fsp3) is 0.474. The molecule has 3 fully saturated rings. The zero-order chi connectivity index (χ0) is 34.2. The molecule has 3 aromatic heterocycles. The van der Waals surface area contributed by atoms with E-state index < -0.39 is 11.2 Å². The van der Waals surface area contributed by atoms with Crippen molar-refractivity contribution in [1.82, 2.24) is 29.7 Å². The second kappa shape index (κ2) is 11.6. The quantitative estimate of drug-likeness (QED) is 0.195. The summed E-state index contributed by atoms with van der Waals surface area (Å²) in [6.07, 6.45) is 8.12. The molecule has 1 saturated carbocycles. The van der Waals surface area contributed by atoms with Gasteiger partial charge in [-0.3, -0.25) is 9.80 Å². The Bertz CT molecular complexity index is 2070. The van der Waals surface area contributed by atoms with Gasteiger partial charge in [0.25, 0.3) is 0 Å². The summed E-state index contributed by atoms with van der Waals surface area (Å²) >= 11 is 1.75. The van der Waals surface area contributed by atoms with Gasteiger partial charge in [-0.2, -0.15) is 0 Å². The number of hydrogen-bond donors (Lipinski definition) is 2. The molecule has 5 heterocycles. The summed E-state index contributed by atoms with van der Waals surface area (Å²) in [5, 5.41) is 3.51. The van der Waals surface area contributed by atoms with Crippen molar-refractivity contribution in [3.05, 3.63) is 60.4 Å². The second-order valence-electron chi connectivity index (χ2n) is 15.8. The minimum absolute atomic E-state index is 0.0898. The molecule has 4 atom stereocenters. The Morgan fingerprint density at radius 1 is 0.837 bits per heavy atom. The molecular weight excluding hydrogens is 637 g/mol. The van der Waals surface area contributed by atoms with Gasteiger partial charge in [-0.1, -0.05) is 24.3 Å². The average Bonchev–Trinajstić information content (AvgIpc) is 3.88. The van der Waals surface area contributed by atoms with Crippen LogP contribution in [0.15, 0.2) is 48.8 Å². The maximum absolute atomic E-state index is 13.2. The van der Waals surface area contributed by atoms with Crippen LogP contribution in [-0.4, -0.2) is 65.7 Å². The van der Waals surface area contributed by atoms with Crippen LogP contribution in [0.1, 0.15) is 97.4 Å². The van der Waals surface area contributed by atoms with Crippen LogP contribution in [0.25, 0.3) is 42.7 Å². The molecule has 2 saturated heterocycles. The van der Waals surface area contributed by atoms with Crippen molar-refractivity contribution in [2.75, 3.05) is 6.54 Å². The predicted molar refractivity (Wildman–Crippen MR) is 191 cm³/mol. The number of H-pyrrole nitrogens is 2. The Morgan fingerprint density at radius 2 is 1.55 bits per heavy atom. The van der Waals surface area contributed by atoms with E-state index in [0.29, 0.717) is 12.5 Å². The number of thiophene rings is 1. The largest absolute Gasteiger partial charge is 0.444 e. The highest BCUT2D eigenvalue weighted by Gasteiger charge is 2.51. The number of piperidine rings is 1. The molecule has 2 bridgehead atoms. The van der Waals surface area contributed by atoms with Gasteiger partial charge >= 0.3 is 12.2 Å². The van der Waals surface area contributed by atoms with Gasteiger partial charge in [-0.05, 0) is 108 Å². The Labute approximate surface area is 290 Å². The number of benzene rings is 2. The van der Waals surface area contributed by atoms with Gasteiger partial charge in [-0.25, -0.2) is 19.6 Å². The molecule has 49 heavy (non-hydrogen) atoms. The van der Waals surface area contributed by atoms with E-state index in [9.17, 15) is 9.59 Å². The van der Waals surface area contributed by atoms with Crippen molar-refractivity contribution in [2.45, 2.75) is 103 Å². The number of aromatic nitrogens is 4. The smallest absolute Gasteiger partial charge is 0.411 e. The van der Waals surface area contributed by atoms with E-state index in [2.05, 4.69) is 46.4 Å². The molecule has 2 aromatic carbocycles. The van der Waals surface area contributed by atoms with Gasteiger partial charge in [-0.15, -0.1) is 11.3 Å². The Hall–Kier alpha value is -4.38. The molecule has 0 radical (unpaired) electrons. The normalized spacial score (nSPS) is 22.5. The van der Waals surface area contributed by atoms with Crippen LogP contribution in [0, 0.1) is 5.92 Å². The van der Waals surface area contributed by atoms with Crippen LogP contribution in [-0.2, 0) is 9.47 Å². The number of aromatic amines is 2. The summed E-state index contributed by atoms with van der Waals surface area (Å²) in [5.74, 6) is 2.02. The third-order valence-electron chi connectivity index (χ3n) is 9.93. The molecule has 5 aromatic rings. The van der Waals surface area contributed by atoms with Gasteiger partial charge in [0.05, 0.1) is 40.7 Å². The van der Waals surface area contributed by atoms with E-state index in [1.807, 2.05) is 58.8 Å². The number of carbonyl (C=O) groups excluding carboxylic acids is 2. The van der Waals surface area contributed by atoms with Crippen molar-refractivity contribution in [2.24, 2.45) is 5.92 Å². The SMILES string of the molecule is CC(C)(C)OC(=O)N1CCCC1c1ncc(-c2ccc3c(ccc4cc(-c5cnc(C6C7CCC(C7)N6C(=O)OC(C)(C)C)[nH]5)sc43)c2)[nH]1. The standard InChI is InChI=1S/C38H44N6O4S/c1-37(2,3)47-35(45)43-15-7-8-29(43)33-39-19-27(41-33)22-12-14-26-21(16-22)9-10-24-18-30(49-32(24)26)28-20-40-34(42-28)31-23-11-13-25(17-23)44(31)36(46)48-38(4,5)6/h9-10,12,14,16,18-20,23,25,29,31H,7-8,11,13,15,17H2,1-6H3,(H,39,41)(H,40,42). The van der Waals surface area contributed by atoms with Gasteiger partial charge in [0.1, 0.15) is 22.9 Å². The van der Waals surface area contributed by atoms with E-state index in [-0.39, 0.29) is 30.3 Å². The summed E-state index contributed by atoms with van der Waals surface area (Å²) in [5.41, 5.74) is 1.85. The summed E-state index contributed by atoms with van der Waals surface area (Å²) in [4.78, 5) is 47.6. The summed E-state index contributed by atoms with van der Waals surface area (Å²) < 4.78 is 12.7. The van der Waals surface area contributed by atoms with Crippen molar-refractivity contribution in [1.29, 1.82) is 0 Å². The molecule has 2 amide bonds. The van der Waals surface area contributed by atoms with E-state index >= 15 is 0 Å². The Kier molecular flexibility index (Phi) is 7.55.